The molecule has 0 bridgehead atoms. The molecule has 0 spiro atoms. The topological polar surface area (TPSA) is 91.4 Å². The van der Waals surface area contributed by atoms with Gasteiger partial charge in [0, 0.05) is 27.2 Å². The van der Waals surface area contributed by atoms with Gasteiger partial charge in [0.05, 0.1) is 16.4 Å². The first kappa shape index (κ1) is 25.9. The van der Waals surface area contributed by atoms with Gasteiger partial charge in [-0.2, -0.15) is 0 Å². The third-order valence-corrected chi connectivity index (χ3v) is 7.12. The van der Waals surface area contributed by atoms with Gasteiger partial charge in [-0.25, -0.2) is 14.3 Å². The molecule has 0 fully saturated rings. The smallest absolute Gasteiger partial charge is 0.283 e. The number of carbonyl (C=O) groups excluding carboxylic acids is 3. The Hall–Kier alpha value is -3.76. The van der Waals surface area contributed by atoms with Crippen LogP contribution in [0.5, 0.6) is 0 Å². The van der Waals surface area contributed by atoms with E-state index in [0.717, 1.165) is 6.07 Å². The van der Waals surface area contributed by atoms with Crippen LogP contribution in [-0.4, -0.2) is 22.7 Å². The molecule has 3 amide bonds. The quantitative estimate of drug-likeness (QED) is 0.238. The minimum Gasteiger partial charge on any atom is -0.350 e. The average molecular weight is 588 g/mol. The number of aromatic nitrogens is 1. The van der Waals surface area contributed by atoms with Gasteiger partial charge in [0.2, 0.25) is 0 Å². The number of hydrogen-bond acceptors (Lipinski definition) is 6. The van der Waals surface area contributed by atoms with Crippen molar-refractivity contribution >= 4 is 80.4 Å². The van der Waals surface area contributed by atoms with Crippen molar-refractivity contribution in [3.05, 3.63) is 104 Å². The largest absolute Gasteiger partial charge is 0.350 e. The summed E-state index contributed by atoms with van der Waals surface area (Å²) >= 11 is 19.5. The molecule has 1 aromatic heterocycles. The Kier molecular flexibility index (Phi) is 7.18. The van der Waals surface area contributed by atoms with E-state index in [1.807, 2.05) is 0 Å². The van der Waals surface area contributed by atoms with Crippen LogP contribution in [0.4, 0.5) is 20.9 Å². The number of anilines is 3. The van der Waals surface area contributed by atoms with Crippen LogP contribution < -0.4 is 15.5 Å². The van der Waals surface area contributed by atoms with Crippen LogP contribution in [0.2, 0.25) is 10.0 Å². The van der Waals surface area contributed by atoms with Crippen molar-refractivity contribution in [2.45, 2.75) is 0 Å². The van der Waals surface area contributed by atoms with Gasteiger partial charge in [0.1, 0.15) is 16.5 Å². The molecule has 3 aromatic carbocycles. The molecule has 2 heterocycles. The normalized spacial score (nSPS) is 13.3. The van der Waals surface area contributed by atoms with Crippen LogP contribution in [-0.2, 0) is 9.59 Å². The number of rotatable bonds is 6. The number of nitrogens with zero attached hydrogens (tertiary/aromatic N) is 2. The van der Waals surface area contributed by atoms with Crippen LogP contribution in [0.3, 0.4) is 0 Å². The number of thiazole rings is 1. The van der Waals surface area contributed by atoms with E-state index in [1.165, 1.54) is 53.8 Å². The van der Waals surface area contributed by atoms with Crippen molar-refractivity contribution < 1.29 is 18.8 Å². The number of halogens is 4. The Morgan fingerprint density at radius 3 is 2.39 bits per heavy atom. The van der Waals surface area contributed by atoms with Crippen molar-refractivity contribution in [1.29, 1.82) is 0 Å². The van der Waals surface area contributed by atoms with Crippen LogP contribution in [0.1, 0.15) is 10.4 Å². The highest BCUT2D eigenvalue weighted by Crippen LogP contribution is 2.33. The molecule has 0 radical (unpaired) electrons. The molecule has 4 aromatic rings. The molecule has 0 saturated heterocycles. The maximum absolute atomic E-state index is 14.2. The molecule has 12 heteroatoms. The fourth-order valence-electron chi connectivity index (χ4n) is 3.63. The number of hydrogen-bond donors (Lipinski definition) is 2. The highest BCUT2D eigenvalue weighted by molar-refractivity contribution is 7.14. The second-order valence-electron chi connectivity index (χ2n) is 7.90. The second kappa shape index (κ2) is 10.5. The van der Waals surface area contributed by atoms with E-state index in [-0.39, 0.29) is 16.4 Å². The van der Waals surface area contributed by atoms with Gasteiger partial charge in [0.15, 0.2) is 5.13 Å². The van der Waals surface area contributed by atoms with Gasteiger partial charge in [-0.05, 0) is 54.6 Å². The summed E-state index contributed by atoms with van der Waals surface area (Å²) in [6.07, 6.45) is 0. The molecule has 0 atom stereocenters. The number of imide groups is 1. The average Bonchev–Trinajstić information content (AvgIpc) is 3.43. The Morgan fingerprint density at radius 2 is 1.68 bits per heavy atom. The zero-order valence-electron chi connectivity index (χ0n) is 19.0. The van der Waals surface area contributed by atoms with Gasteiger partial charge in [-0.15, -0.1) is 11.3 Å². The molecule has 2 N–H and O–H groups in total. The fourth-order valence-corrected chi connectivity index (χ4v) is 5.06. The van der Waals surface area contributed by atoms with E-state index in [0.29, 0.717) is 42.6 Å². The highest BCUT2D eigenvalue weighted by atomic mass is 35.5. The predicted octanol–water partition coefficient (Wildman–Crippen LogP) is 6.94. The molecule has 0 aliphatic carbocycles. The molecule has 0 saturated carbocycles. The first-order valence-electron chi connectivity index (χ1n) is 10.9. The number of para-hydroxylation sites is 1. The predicted molar refractivity (Wildman–Crippen MR) is 147 cm³/mol. The lowest BCUT2D eigenvalue weighted by atomic mass is 10.2. The molecule has 38 heavy (non-hydrogen) atoms. The first-order valence-corrected chi connectivity index (χ1v) is 12.9. The van der Waals surface area contributed by atoms with Crippen LogP contribution in [0, 0.1) is 5.82 Å². The van der Waals surface area contributed by atoms with E-state index in [2.05, 4.69) is 15.6 Å². The monoisotopic (exact) mass is 586 g/mol. The summed E-state index contributed by atoms with van der Waals surface area (Å²) in [5.41, 5.74) is 1.59. The van der Waals surface area contributed by atoms with E-state index >= 15 is 0 Å². The summed E-state index contributed by atoms with van der Waals surface area (Å²) in [5, 5.41) is 8.22. The molecule has 5 rings (SSSR count). The lowest BCUT2D eigenvalue weighted by molar-refractivity contribution is -0.120. The van der Waals surface area contributed by atoms with E-state index in [9.17, 15) is 18.8 Å². The van der Waals surface area contributed by atoms with Crippen molar-refractivity contribution in [3.63, 3.8) is 0 Å². The fraction of sp³-hybridized carbons (Fsp3) is 0. The van der Waals surface area contributed by atoms with Crippen molar-refractivity contribution in [2.24, 2.45) is 0 Å². The Balaban J connectivity index is 1.27. The minimum absolute atomic E-state index is 0.201. The molecule has 1 aliphatic heterocycles. The summed E-state index contributed by atoms with van der Waals surface area (Å²) in [4.78, 5) is 43.2. The highest BCUT2D eigenvalue weighted by Gasteiger charge is 2.40. The van der Waals surface area contributed by atoms with Gasteiger partial charge in [-0.3, -0.25) is 19.7 Å². The second-order valence-corrected chi connectivity index (χ2v) is 9.98. The SMILES string of the molecule is O=C(Nc1nc(-c2ccc(Cl)cc2Cl)cs1)c1ccc(NC2=C(Cl)C(=O)N(c3ccccc3F)C2=O)cc1. The van der Waals surface area contributed by atoms with E-state index < -0.39 is 23.5 Å². The zero-order chi connectivity index (χ0) is 27.0. The van der Waals surface area contributed by atoms with Crippen LogP contribution in [0.15, 0.2) is 82.8 Å². The number of nitrogens with one attached hydrogen (secondary N) is 2. The first-order chi connectivity index (χ1) is 18.2. The number of amides is 3. The van der Waals surface area contributed by atoms with Crippen molar-refractivity contribution in [2.75, 3.05) is 15.5 Å². The van der Waals surface area contributed by atoms with Gasteiger partial charge in [-0.1, -0.05) is 46.9 Å². The lowest BCUT2D eigenvalue weighted by Gasteiger charge is -2.15. The molecule has 190 valence electrons. The molecular formula is C26H14Cl3FN4O3S. The summed E-state index contributed by atoms with van der Waals surface area (Å²) in [7, 11) is 0. The number of carbonyl (C=O) groups is 3. The van der Waals surface area contributed by atoms with Gasteiger partial charge >= 0.3 is 0 Å². The van der Waals surface area contributed by atoms with Crippen molar-refractivity contribution in [3.8, 4) is 11.3 Å². The zero-order valence-corrected chi connectivity index (χ0v) is 22.1. The molecule has 7 nitrogen and oxygen atoms in total. The van der Waals surface area contributed by atoms with E-state index in [1.54, 1.807) is 23.6 Å². The third-order valence-electron chi connectivity index (χ3n) is 5.47. The maximum atomic E-state index is 14.2. The standard InChI is InChI=1S/C26H14Cl3FN4O3S/c27-14-7-10-16(17(28)11-14)19-12-38-26(32-19)33-23(35)13-5-8-15(9-6-13)31-22-21(29)24(36)34(25(22)37)20-4-2-1-3-18(20)30/h1-12,31H,(H,32,33,35). The lowest BCUT2D eigenvalue weighted by Crippen LogP contribution is -2.33. The molecule has 0 unspecified atom stereocenters. The maximum Gasteiger partial charge on any atom is 0.283 e. The summed E-state index contributed by atoms with van der Waals surface area (Å²) in [6.45, 7) is 0. The van der Waals surface area contributed by atoms with Crippen LogP contribution in [0.25, 0.3) is 11.3 Å². The van der Waals surface area contributed by atoms with Crippen LogP contribution >= 0.6 is 46.1 Å². The summed E-state index contributed by atoms with van der Waals surface area (Å²) < 4.78 is 14.2. The van der Waals surface area contributed by atoms with Crippen molar-refractivity contribution in [1.82, 2.24) is 4.98 Å². The minimum atomic E-state index is -0.844. The molecule has 1 aliphatic rings. The summed E-state index contributed by atoms with van der Waals surface area (Å²) in [6, 6.07) is 16.6. The Labute approximate surface area is 234 Å². The van der Waals surface area contributed by atoms with Gasteiger partial charge in [0.25, 0.3) is 17.7 Å². The Bertz CT molecular complexity index is 1640. The van der Waals surface area contributed by atoms with Gasteiger partial charge < -0.3 is 5.32 Å². The Morgan fingerprint density at radius 1 is 0.947 bits per heavy atom. The summed E-state index contributed by atoms with van der Waals surface area (Å²) in [5.74, 6) is -2.79. The van der Waals surface area contributed by atoms with E-state index in [4.69, 9.17) is 34.8 Å². The number of benzene rings is 3. The molecular weight excluding hydrogens is 574 g/mol. The third kappa shape index (κ3) is 5.01.